The van der Waals surface area contributed by atoms with Crippen molar-refractivity contribution in [3.05, 3.63) is 24.0 Å². The Hall–Kier alpha value is -1.13. The zero-order valence-corrected chi connectivity index (χ0v) is 11.8. The molecule has 0 bridgehead atoms. The van der Waals surface area contributed by atoms with Crippen molar-refractivity contribution < 1.29 is 9.47 Å². The monoisotopic (exact) mass is 252 g/mol. The third-order valence-corrected chi connectivity index (χ3v) is 2.73. The van der Waals surface area contributed by atoms with Gasteiger partial charge in [0, 0.05) is 12.8 Å². The molecule has 0 fully saturated rings. The molecule has 0 saturated carbocycles. The molecule has 0 aliphatic heterocycles. The van der Waals surface area contributed by atoms with Gasteiger partial charge in [-0.3, -0.25) is 4.98 Å². The number of ether oxygens (including phenoxy) is 2. The number of rotatable bonds is 8. The maximum absolute atomic E-state index is 5.68. The molecule has 0 aliphatic carbocycles. The molecule has 0 aliphatic rings. The minimum absolute atomic E-state index is 0.105. The number of aromatic nitrogens is 1. The lowest BCUT2D eigenvalue weighted by molar-refractivity contribution is 0.0475. The molecule has 0 aromatic carbocycles. The third-order valence-electron chi connectivity index (χ3n) is 2.73. The van der Waals surface area contributed by atoms with Crippen LogP contribution in [-0.4, -0.2) is 30.8 Å². The number of nitrogens with zero attached hydrogens (tertiary/aromatic N) is 1. The van der Waals surface area contributed by atoms with E-state index in [1.165, 1.54) is 0 Å². The van der Waals surface area contributed by atoms with Crippen LogP contribution in [0.25, 0.3) is 0 Å². The largest absolute Gasteiger partial charge is 0.492 e. The van der Waals surface area contributed by atoms with Gasteiger partial charge >= 0.3 is 0 Å². The van der Waals surface area contributed by atoms with Crippen LogP contribution in [0, 0.1) is 0 Å². The summed E-state index contributed by atoms with van der Waals surface area (Å²) in [6.07, 6.45) is 3.71. The Kier molecular flexibility index (Phi) is 6.68. The normalized spacial score (nSPS) is 14.2. The van der Waals surface area contributed by atoms with Crippen LogP contribution >= 0.6 is 0 Å². The molecular weight excluding hydrogens is 228 g/mol. The van der Waals surface area contributed by atoms with E-state index in [0.29, 0.717) is 13.2 Å². The van der Waals surface area contributed by atoms with Gasteiger partial charge in [-0.1, -0.05) is 6.92 Å². The molecule has 0 amide bonds. The Labute approximate surface area is 110 Å². The van der Waals surface area contributed by atoms with E-state index >= 15 is 0 Å². The lowest BCUT2D eigenvalue weighted by Crippen LogP contribution is -2.32. The summed E-state index contributed by atoms with van der Waals surface area (Å²) in [5.74, 6) is 0.807. The van der Waals surface area contributed by atoms with Crippen molar-refractivity contribution in [2.24, 2.45) is 0 Å². The summed E-state index contributed by atoms with van der Waals surface area (Å²) in [6.45, 7) is 10.4. The average molecular weight is 252 g/mol. The lowest BCUT2D eigenvalue weighted by Gasteiger charge is -2.25. The van der Waals surface area contributed by atoms with E-state index < -0.39 is 0 Å². The van der Waals surface area contributed by atoms with Gasteiger partial charge in [0.05, 0.1) is 24.9 Å². The van der Waals surface area contributed by atoms with Gasteiger partial charge < -0.3 is 14.8 Å². The van der Waals surface area contributed by atoms with Crippen LogP contribution in [0.4, 0.5) is 0 Å². The van der Waals surface area contributed by atoms with Crippen LogP contribution in [0.5, 0.6) is 5.75 Å². The van der Waals surface area contributed by atoms with E-state index in [1.54, 1.807) is 6.20 Å². The third kappa shape index (κ3) is 4.27. The van der Waals surface area contributed by atoms with E-state index in [9.17, 15) is 0 Å². The Morgan fingerprint density at radius 2 is 2.00 bits per heavy atom. The summed E-state index contributed by atoms with van der Waals surface area (Å²) in [6, 6.07) is 2.17. The molecule has 0 radical (unpaired) electrons. The molecule has 1 aromatic heterocycles. The van der Waals surface area contributed by atoms with Gasteiger partial charge in [0.25, 0.3) is 0 Å². The van der Waals surface area contributed by atoms with Gasteiger partial charge in [0.2, 0.25) is 0 Å². The summed E-state index contributed by atoms with van der Waals surface area (Å²) in [5, 5.41) is 3.43. The van der Waals surface area contributed by atoms with Crippen molar-refractivity contribution in [3.63, 3.8) is 0 Å². The van der Waals surface area contributed by atoms with Gasteiger partial charge in [-0.2, -0.15) is 0 Å². The van der Waals surface area contributed by atoms with Crippen molar-refractivity contribution in [1.29, 1.82) is 0 Å². The second-order valence-corrected chi connectivity index (χ2v) is 4.08. The van der Waals surface area contributed by atoms with Gasteiger partial charge in [0.15, 0.2) is 0 Å². The van der Waals surface area contributed by atoms with Crippen molar-refractivity contribution >= 4 is 0 Å². The molecule has 1 aromatic rings. The lowest BCUT2D eigenvalue weighted by atomic mass is 10.0. The molecule has 2 unspecified atom stereocenters. The first kappa shape index (κ1) is 14.9. The Morgan fingerprint density at radius 3 is 2.61 bits per heavy atom. The van der Waals surface area contributed by atoms with E-state index in [4.69, 9.17) is 9.47 Å². The minimum atomic E-state index is 0.105. The van der Waals surface area contributed by atoms with Crippen molar-refractivity contribution in [2.75, 3.05) is 19.8 Å². The summed E-state index contributed by atoms with van der Waals surface area (Å²) < 4.78 is 11.2. The molecule has 1 N–H and O–H groups in total. The van der Waals surface area contributed by atoms with Gasteiger partial charge in [-0.15, -0.1) is 0 Å². The standard InChI is InChI=1S/C14H24N2O2/c1-5-16-14(11(4)17-6-2)12-8-13(18-7-3)10-15-9-12/h8-11,14,16H,5-7H2,1-4H3. The number of hydrogen-bond acceptors (Lipinski definition) is 4. The fraction of sp³-hybridized carbons (Fsp3) is 0.643. The molecule has 0 spiro atoms. The molecule has 2 atom stereocenters. The predicted octanol–water partition coefficient (Wildman–Crippen LogP) is 2.56. The maximum Gasteiger partial charge on any atom is 0.137 e. The second kappa shape index (κ2) is 8.06. The zero-order chi connectivity index (χ0) is 13.4. The molecule has 0 saturated heterocycles. The van der Waals surface area contributed by atoms with Crippen LogP contribution in [0.15, 0.2) is 18.5 Å². The highest BCUT2D eigenvalue weighted by Crippen LogP contribution is 2.22. The minimum Gasteiger partial charge on any atom is -0.492 e. The maximum atomic E-state index is 5.68. The SMILES string of the molecule is CCNC(c1cncc(OCC)c1)C(C)OCC. The summed E-state index contributed by atoms with van der Waals surface area (Å²) in [5.41, 5.74) is 1.10. The Balaban J connectivity index is 2.86. The van der Waals surface area contributed by atoms with Crippen molar-refractivity contribution in [3.8, 4) is 5.75 Å². The molecular formula is C14H24N2O2. The van der Waals surface area contributed by atoms with Gasteiger partial charge in [0.1, 0.15) is 5.75 Å². The van der Waals surface area contributed by atoms with Crippen LogP contribution in [-0.2, 0) is 4.74 Å². The van der Waals surface area contributed by atoms with Crippen LogP contribution in [0.2, 0.25) is 0 Å². The molecule has 18 heavy (non-hydrogen) atoms. The first-order valence-electron chi connectivity index (χ1n) is 6.65. The van der Waals surface area contributed by atoms with E-state index in [-0.39, 0.29) is 12.1 Å². The number of nitrogens with one attached hydrogen (secondary N) is 1. The summed E-state index contributed by atoms with van der Waals surface area (Å²) in [4.78, 5) is 4.23. The zero-order valence-electron chi connectivity index (χ0n) is 11.8. The number of likely N-dealkylation sites (N-methyl/N-ethyl adjacent to an activating group) is 1. The van der Waals surface area contributed by atoms with Crippen LogP contribution in [0.3, 0.4) is 0 Å². The predicted molar refractivity (Wildman–Crippen MR) is 72.9 cm³/mol. The van der Waals surface area contributed by atoms with E-state index in [2.05, 4.69) is 24.1 Å². The highest BCUT2D eigenvalue weighted by Gasteiger charge is 2.19. The van der Waals surface area contributed by atoms with Gasteiger partial charge in [-0.05, 0) is 38.9 Å². The topological polar surface area (TPSA) is 43.4 Å². The molecule has 4 heteroatoms. The highest BCUT2D eigenvalue weighted by atomic mass is 16.5. The number of hydrogen-bond donors (Lipinski definition) is 1. The quantitative estimate of drug-likeness (QED) is 0.772. The fourth-order valence-electron chi connectivity index (χ4n) is 1.99. The first-order chi connectivity index (χ1) is 8.72. The Bertz CT molecular complexity index is 344. The van der Waals surface area contributed by atoms with Gasteiger partial charge in [-0.25, -0.2) is 0 Å². The molecule has 4 nitrogen and oxygen atoms in total. The van der Waals surface area contributed by atoms with Crippen LogP contribution < -0.4 is 10.1 Å². The smallest absolute Gasteiger partial charge is 0.137 e. The number of pyridine rings is 1. The highest BCUT2D eigenvalue weighted by molar-refractivity contribution is 5.26. The molecule has 1 heterocycles. The second-order valence-electron chi connectivity index (χ2n) is 4.08. The summed E-state index contributed by atoms with van der Waals surface area (Å²) >= 11 is 0. The molecule has 1 rings (SSSR count). The van der Waals surface area contributed by atoms with E-state index in [1.807, 2.05) is 26.1 Å². The first-order valence-corrected chi connectivity index (χ1v) is 6.65. The summed E-state index contributed by atoms with van der Waals surface area (Å²) in [7, 11) is 0. The van der Waals surface area contributed by atoms with Crippen molar-refractivity contribution in [2.45, 2.75) is 39.8 Å². The van der Waals surface area contributed by atoms with Crippen molar-refractivity contribution in [1.82, 2.24) is 10.3 Å². The van der Waals surface area contributed by atoms with E-state index in [0.717, 1.165) is 17.9 Å². The Morgan fingerprint density at radius 1 is 1.22 bits per heavy atom. The fourth-order valence-corrected chi connectivity index (χ4v) is 1.99. The average Bonchev–Trinajstić information content (AvgIpc) is 2.37. The van der Waals surface area contributed by atoms with Crippen LogP contribution in [0.1, 0.15) is 39.3 Å². The molecule has 102 valence electrons.